The van der Waals surface area contributed by atoms with Crippen molar-refractivity contribution in [1.82, 2.24) is 10.2 Å². The maximum absolute atomic E-state index is 13.8. The molecule has 1 N–H and O–H groups in total. The van der Waals surface area contributed by atoms with E-state index in [4.69, 9.17) is 11.6 Å². The summed E-state index contributed by atoms with van der Waals surface area (Å²) >= 11 is 6.28. The predicted octanol–water partition coefficient (Wildman–Crippen LogP) is 3.80. The number of rotatable bonds is 10. The Morgan fingerprint density at radius 2 is 1.53 bits per heavy atom. The number of carbonyl (C=O) groups excluding carboxylic acids is 2. The third-order valence-electron chi connectivity index (χ3n) is 5.79. The molecule has 190 valence electrons. The summed E-state index contributed by atoms with van der Waals surface area (Å²) in [6.07, 6.45) is 1.29. The van der Waals surface area contributed by atoms with E-state index in [2.05, 4.69) is 5.32 Å². The first-order chi connectivity index (χ1) is 17.1. The van der Waals surface area contributed by atoms with Crippen LogP contribution in [0.25, 0.3) is 0 Å². The first kappa shape index (κ1) is 27.2. The molecule has 9 heteroatoms. The Morgan fingerprint density at radius 3 is 2.11 bits per heavy atom. The van der Waals surface area contributed by atoms with E-state index in [1.165, 1.54) is 11.9 Å². The lowest BCUT2D eigenvalue weighted by atomic mass is 10.0. The maximum Gasteiger partial charge on any atom is 0.244 e. The molecule has 0 fully saturated rings. The van der Waals surface area contributed by atoms with Gasteiger partial charge >= 0.3 is 0 Å². The number of amides is 2. The van der Waals surface area contributed by atoms with Gasteiger partial charge in [0, 0.05) is 20.0 Å². The smallest absolute Gasteiger partial charge is 0.244 e. The van der Waals surface area contributed by atoms with E-state index in [1.54, 1.807) is 24.3 Å². The van der Waals surface area contributed by atoms with Crippen molar-refractivity contribution < 1.29 is 18.0 Å². The van der Waals surface area contributed by atoms with E-state index in [0.717, 1.165) is 27.3 Å². The lowest BCUT2D eigenvalue weighted by molar-refractivity contribution is -0.139. The number of anilines is 1. The predicted molar refractivity (Wildman–Crippen MR) is 143 cm³/mol. The molecule has 1 atom stereocenters. The van der Waals surface area contributed by atoms with Gasteiger partial charge in [0.25, 0.3) is 0 Å². The Bertz CT molecular complexity index is 1300. The second kappa shape index (κ2) is 12.1. The van der Waals surface area contributed by atoms with Crippen LogP contribution < -0.4 is 9.62 Å². The van der Waals surface area contributed by atoms with E-state index in [9.17, 15) is 18.0 Å². The summed E-state index contributed by atoms with van der Waals surface area (Å²) < 4.78 is 26.4. The molecule has 3 rings (SSSR count). The number of hydrogen-bond acceptors (Lipinski definition) is 4. The second-order valence-electron chi connectivity index (χ2n) is 8.55. The molecule has 7 nitrogen and oxygen atoms in total. The normalized spacial score (nSPS) is 12.0. The highest BCUT2D eigenvalue weighted by Gasteiger charge is 2.33. The van der Waals surface area contributed by atoms with E-state index in [0.29, 0.717) is 0 Å². The van der Waals surface area contributed by atoms with Crippen LogP contribution in [0.4, 0.5) is 5.69 Å². The summed E-state index contributed by atoms with van der Waals surface area (Å²) in [6.45, 7) is 1.59. The third kappa shape index (κ3) is 7.08. The molecule has 0 heterocycles. The highest BCUT2D eigenvalue weighted by Crippen LogP contribution is 2.27. The molecule has 0 bridgehead atoms. The molecule has 0 aliphatic heterocycles. The fraction of sp³-hybridized carbons (Fsp3) is 0.259. The van der Waals surface area contributed by atoms with Gasteiger partial charge in [-0.25, -0.2) is 8.42 Å². The van der Waals surface area contributed by atoms with Crippen LogP contribution in [-0.4, -0.2) is 51.0 Å². The molecule has 0 spiro atoms. The van der Waals surface area contributed by atoms with Crippen LogP contribution in [0.5, 0.6) is 0 Å². The molecular formula is C27H30ClN3O4S. The van der Waals surface area contributed by atoms with Crippen LogP contribution in [-0.2, 0) is 32.6 Å². The highest BCUT2D eigenvalue weighted by atomic mass is 35.5. The Kier molecular flexibility index (Phi) is 9.12. The highest BCUT2D eigenvalue weighted by molar-refractivity contribution is 7.92. The van der Waals surface area contributed by atoms with Crippen LogP contribution in [0.1, 0.15) is 16.7 Å². The molecule has 2 amide bonds. The number of sulfonamides is 1. The van der Waals surface area contributed by atoms with Gasteiger partial charge in [-0.15, -0.1) is 0 Å². The van der Waals surface area contributed by atoms with E-state index >= 15 is 0 Å². The monoisotopic (exact) mass is 527 g/mol. The van der Waals surface area contributed by atoms with Gasteiger partial charge < -0.3 is 10.2 Å². The molecular weight excluding hydrogens is 498 g/mol. The summed E-state index contributed by atoms with van der Waals surface area (Å²) in [7, 11) is -2.34. The zero-order valence-corrected chi connectivity index (χ0v) is 22.1. The summed E-state index contributed by atoms with van der Waals surface area (Å²) in [5, 5.41) is 2.86. The third-order valence-corrected chi connectivity index (χ3v) is 7.24. The fourth-order valence-electron chi connectivity index (χ4n) is 3.86. The topological polar surface area (TPSA) is 86.8 Å². The number of para-hydroxylation sites is 1. The van der Waals surface area contributed by atoms with E-state index in [1.807, 2.05) is 61.5 Å². The van der Waals surface area contributed by atoms with Crippen molar-refractivity contribution in [2.24, 2.45) is 0 Å². The average Bonchev–Trinajstić information content (AvgIpc) is 2.85. The Morgan fingerprint density at radius 1 is 0.917 bits per heavy atom. The number of carbonyl (C=O) groups is 2. The largest absolute Gasteiger partial charge is 0.357 e. The number of likely N-dealkylation sites (N-methyl/N-ethyl adjacent to an activating group) is 1. The summed E-state index contributed by atoms with van der Waals surface area (Å²) in [5.74, 6) is -0.867. The standard InChI is InChI=1S/C27H30ClN3O4S/c1-20-13-15-22(16-14-20)18-30(25(27(33)29-2)17-21-9-5-4-6-10-21)26(32)19-31(36(3,34)35)24-12-8-7-11-23(24)28/h4-16,25H,17-19H2,1-3H3,(H,29,33). The number of hydrogen-bond donors (Lipinski definition) is 1. The quantitative estimate of drug-likeness (QED) is 0.434. The van der Waals surface area contributed by atoms with Crippen molar-refractivity contribution in [3.63, 3.8) is 0 Å². The van der Waals surface area contributed by atoms with Crippen molar-refractivity contribution in [2.75, 3.05) is 24.2 Å². The van der Waals surface area contributed by atoms with Crippen molar-refractivity contribution in [3.8, 4) is 0 Å². The Balaban J connectivity index is 2.03. The van der Waals surface area contributed by atoms with Crippen LogP contribution in [0.2, 0.25) is 5.02 Å². The van der Waals surface area contributed by atoms with Gasteiger partial charge in [-0.3, -0.25) is 13.9 Å². The minimum atomic E-state index is -3.86. The molecule has 0 aliphatic rings. The molecule has 3 aromatic rings. The van der Waals surface area contributed by atoms with Crippen LogP contribution in [0, 0.1) is 6.92 Å². The first-order valence-electron chi connectivity index (χ1n) is 11.4. The van der Waals surface area contributed by atoms with Gasteiger partial charge in [0.2, 0.25) is 21.8 Å². The number of aryl methyl sites for hydroxylation is 1. The van der Waals surface area contributed by atoms with Crippen molar-refractivity contribution >= 4 is 39.1 Å². The molecule has 36 heavy (non-hydrogen) atoms. The van der Waals surface area contributed by atoms with Crippen molar-refractivity contribution in [2.45, 2.75) is 25.9 Å². The SMILES string of the molecule is CNC(=O)C(Cc1ccccc1)N(Cc1ccc(C)cc1)C(=O)CN(c1ccccc1Cl)S(C)(=O)=O. The lowest BCUT2D eigenvalue weighted by Crippen LogP contribution is -2.52. The molecule has 0 saturated carbocycles. The van der Waals surface area contributed by atoms with Crippen molar-refractivity contribution in [1.29, 1.82) is 0 Å². The number of nitrogens with zero attached hydrogens (tertiary/aromatic N) is 2. The van der Waals surface area contributed by atoms with Gasteiger partial charge in [0.05, 0.1) is 17.0 Å². The molecule has 1 unspecified atom stereocenters. The molecule has 0 aliphatic carbocycles. The number of halogens is 1. The number of nitrogens with one attached hydrogen (secondary N) is 1. The maximum atomic E-state index is 13.8. The summed E-state index contributed by atoms with van der Waals surface area (Å²) in [6, 6.07) is 22.6. The van der Waals surface area contributed by atoms with E-state index in [-0.39, 0.29) is 29.6 Å². The zero-order valence-electron chi connectivity index (χ0n) is 20.5. The van der Waals surface area contributed by atoms with E-state index < -0.39 is 28.5 Å². The van der Waals surface area contributed by atoms with Gasteiger partial charge in [0.15, 0.2) is 0 Å². The van der Waals surface area contributed by atoms with Gasteiger partial charge in [-0.05, 0) is 30.2 Å². The van der Waals surface area contributed by atoms with Crippen LogP contribution >= 0.6 is 11.6 Å². The first-order valence-corrected chi connectivity index (χ1v) is 13.7. The van der Waals surface area contributed by atoms with Gasteiger partial charge in [-0.1, -0.05) is 83.9 Å². The fourth-order valence-corrected chi connectivity index (χ4v) is 5.01. The molecule has 0 saturated heterocycles. The summed E-state index contributed by atoms with van der Waals surface area (Å²) in [4.78, 5) is 28.3. The number of benzene rings is 3. The molecule has 0 radical (unpaired) electrons. The average molecular weight is 528 g/mol. The minimum Gasteiger partial charge on any atom is -0.357 e. The van der Waals surface area contributed by atoms with Gasteiger partial charge in [-0.2, -0.15) is 0 Å². The molecule has 0 aromatic heterocycles. The lowest BCUT2D eigenvalue weighted by Gasteiger charge is -2.33. The Hall–Kier alpha value is -3.36. The van der Waals surface area contributed by atoms with Crippen molar-refractivity contribution in [3.05, 3.63) is 101 Å². The Labute approximate surface area is 217 Å². The second-order valence-corrected chi connectivity index (χ2v) is 10.9. The van der Waals surface area contributed by atoms with Gasteiger partial charge in [0.1, 0.15) is 12.6 Å². The summed E-state index contributed by atoms with van der Waals surface area (Å²) in [5.41, 5.74) is 2.95. The minimum absolute atomic E-state index is 0.129. The van der Waals surface area contributed by atoms with Crippen LogP contribution in [0.3, 0.4) is 0 Å². The van der Waals surface area contributed by atoms with Crippen LogP contribution in [0.15, 0.2) is 78.9 Å². The molecule has 3 aromatic carbocycles. The zero-order chi connectivity index (χ0) is 26.3.